The lowest BCUT2D eigenvalue weighted by molar-refractivity contribution is -0.126. The number of hydrogen-bond acceptors (Lipinski definition) is 2. The molecule has 21 heavy (non-hydrogen) atoms. The lowest BCUT2D eigenvalue weighted by Gasteiger charge is -2.31. The van der Waals surface area contributed by atoms with E-state index in [2.05, 4.69) is 10.2 Å². The van der Waals surface area contributed by atoms with Crippen molar-refractivity contribution in [1.29, 1.82) is 0 Å². The molecule has 1 aliphatic carbocycles. The van der Waals surface area contributed by atoms with Crippen LogP contribution in [-0.2, 0) is 11.3 Å². The van der Waals surface area contributed by atoms with Crippen molar-refractivity contribution in [3.63, 3.8) is 0 Å². The first-order chi connectivity index (χ1) is 10.1. The van der Waals surface area contributed by atoms with Crippen LogP contribution in [0.3, 0.4) is 0 Å². The Morgan fingerprint density at radius 3 is 2.57 bits per heavy atom. The Hall–Kier alpha value is -1.49. The summed E-state index contributed by atoms with van der Waals surface area (Å²) in [6.07, 6.45) is 3.78. The van der Waals surface area contributed by atoms with E-state index in [9.17, 15) is 13.6 Å². The SMILES string of the molecule is O=C(NC1CC1)C1CCN(Cc2cc(F)ccc2F)CC1. The summed E-state index contributed by atoms with van der Waals surface area (Å²) in [6.45, 7) is 1.90. The second-order valence-corrected chi connectivity index (χ2v) is 6.07. The van der Waals surface area contributed by atoms with Gasteiger partial charge in [0.2, 0.25) is 5.91 Å². The molecule has 0 radical (unpaired) electrons. The van der Waals surface area contributed by atoms with E-state index in [0.717, 1.165) is 44.8 Å². The average molecular weight is 294 g/mol. The van der Waals surface area contributed by atoms with Gasteiger partial charge in [0.25, 0.3) is 0 Å². The van der Waals surface area contributed by atoms with Gasteiger partial charge in [-0.2, -0.15) is 0 Å². The van der Waals surface area contributed by atoms with E-state index in [-0.39, 0.29) is 17.6 Å². The summed E-state index contributed by atoms with van der Waals surface area (Å²) in [5, 5.41) is 3.04. The summed E-state index contributed by atoms with van der Waals surface area (Å²) < 4.78 is 26.8. The molecule has 1 heterocycles. The van der Waals surface area contributed by atoms with Gasteiger partial charge in [0, 0.05) is 24.1 Å². The molecule has 1 aliphatic heterocycles. The molecular formula is C16H20F2N2O. The molecule has 1 saturated heterocycles. The summed E-state index contributed by atoms with van der Waals surface area (Å²) in [7, 11) is 0. The molecule has 3 nitrogen and oxygen atoms in total. The third-order valence-electron chi connectivity index (χ3n) is 4.28. The van der Waals surface area contributed by atoms with Gasteiger partial charge >= 0.3 is 0 Å². The van der Waals surface area contributed by atoms with Crippen LogP contribution in [-0.4, -0.2) is 29.9 Å². The van der Waals surface area contributed by atoms with Gasteiger partial charge in [0.1, 0.15) is 11.6 Å². The average Bonchev–Trinajstić information content (AvgIpc) is 3.27. The van der Waals surface area contributed by atoms with Crippen LogP contribution in [0.1, 0.15) is 31.2 Å². The number of piperidine rings is 1. The number of nitrogens with zero attached hydrogens (tertiary/aromatic N) is 1. The molecule has 1 aromatic rings. The largest absolute Gasteiger partial charge is 0.353 e. The molecule has 2 aliphatic rings. The summed E-state index contributed by atoms with van der Waals surface area (Å²) in [6, 6.07) is 3.95. The van der Waals surface area contributed by atoms with Crippen molar-refractivity contribution in [2.75, 3.05) is 13.1 Å². The molecular weight excluding hydrogens is 274 g/mol. The van der Waals surface area contributed by atoms with Crippen LogP contribution in [0.5, 0.6) is 0 Å². The standard InChI is InChI=1S/C16H20F2N2O/c17-13-1-4-15(18)12(9-13)10-20-7-5-11(6-8-20)16(21)19-14-2-3-14/h1,4,9,11,14H,2-3,5-8,10H2,(H,19,21). The Morgan fingerprint density at radius 2 is 1.90 bits per heavy atom. The zero-order valence-electron chi connectivity index (χ0n) is 11.9. The number of likely N-dealkylation sites (tertiary alicyclic amines) is 1. The van der Waals surface area contributed by atoms with E-state index in [1.165, 1.54) is 12.1 Å². The Labute approximate surface area is 123 Å². The van der Waals surface area contributed by atoms with Gasteiger partial charge in [-0.25, -0.2) is 8.78 Å². The van der Waals surface area contributed by atoms with Crippen LogP contribution < -0.4 is 5.32 Å². The molecule has 5 heteroatoms. The molecule has 0 bridgehead atoms. The van der Waals surface area contributed by atoms with Crippen molar-refractivity contribution in [3.8, 4) is 0 Å². The zero-order chi connectivity index (χ0) is 14.8. The molecule has 3 rings (SSSR count). The van der Waals surface area contributed by atoms with Crippen molar-refractivity contribution in [2.24, 2.45) is 5.92 Å². The predicted molar refractivity (Wildman–Crippen MR) is 75.5 cm³/mol. The van der Waals surface area contributed by atoms with Crippen molar-refractivity contribution in [1.82, 2.24) is 10.2 Å². The maximum atomic E-state index is 13.6. The van der Waals surface area contributed by atoms with Gasteiger partial charge in [-0.1, -0.05) is 0 Å². The second kappa shape index (κ2) is 6.10. The Kier molecular flexibility index (Phi) is 4.19. The lowest BCUT2D eigenvalue weighted by Crippen LogP contribution is -2.40. The first-order valence-corrected chi connectivity index (χ1v) is 7.58. The van der Waals surface area contributed by atoms with E-state index in [1.54, 1.807) is 0 Å². The van der Waals surface area contributed by atoms with Crippen LogP contribution in [0, 0.1) is 17.6 Å². The first kappa shape index (κ1) is 14.4. The maximum absolute atomic E-state index is 13.6. The van der Waals surface area contributed by atoms with Crippen LogP contribution >= 0.6 is 0 Å². The summed E-state index contributed by atoms with van der Waals surface area (Å²) >= 11 is 0. The molecule has 1 aromatic carbocycles. The topological polar surface area (TPSA) is 32.3 Å². The van der Waals surface area contributed by atoms with Crippen molar-refractivity contribution < 1.29 is 13.6 Å². The highest BCUT2D eigenvalue weighted by Crippen LogP contribution is 2.23. The number of nitrogens with one attached hydrogen (secondary N) is 1. The molecule has 0 aromatic heterocycles. The number of hydrogen-bond donors (Lipinski definition) is 1. The normalized spacial score (nSPS) is 20.5. The van der Waals surface area contributed by atoms with E-state index in [0.29, 0.717) is 18.2 Å². The lowest BCUT2D eigenvalue weighted by atomic mass is 9.95. The minimum Gasteiger partial charge on any atom is -0.353 e. The highest BCUT2D eigenvalue weighted by Gasteiger charge is 2.30. The molecule has 114 valence electrons. The van der Waals surface area contributed by atoms with Gasteiger partial charge in [-0.15, -0.1) is 0 Å². The van der Waals surface area contributed by atoms with E-state index in [1.807, 2.05) is 0 Å². The monoisotopic (exact) mass is 294 g/mol. The number of benzene rings is 1. The van der Waals surface area contributed by atoms with Gasteiger partial charge in [0.15, 0.2) is 0 Å². The molecule has 0 atom stereocenters. The molecule has 2 fully saturated rings. The number of carbonyl (C=O) groups excluding carboxylic acids is 1. The Morgan fingerprint density at radius 1 is 1.19 bits per heavy atom. The summed E-state index contributed by atoms with van der Waals surface area (Å²) in [5.41, 5.74) is 0.385. The van der Waals surface area contributed by atoms with Crippen LogP contribution in [0.2, 0.25) is 0 Å². The van der Waals surface area contributed by atoms with Gasteiger partial charge in [0.05, 0.1) is 0 Å². The van der Waals surface area contributed by atoms with Gasteiger partial charge in [-0.3, -0.25) is 9.69 Å². The fourth-order valence-electron chi connectivity index (χ4n) is 2.81. The van der Waals surface area contributed by atoms with Crippen LogP contribution in [0.25, 0.3) is 0 Å². The van der Waals surface area contributed by atoms with E-state index in [4.69, 9.17) is 0 Å². The maximum Gasteiger partial charge on any atom is 0.223 e. The summed E-state index contributed by atoms with van der Waals surface area (Å²) in [4.78, 5) is 14.1. The van der Waals surface area contributed by atoms with Gasteiger partial charge in [-0.05, 0) is 57.0 Å². The molecule has 1 saturated carbocycles. The number of rotatable bonds is 4. The van der Waals surface area contributed by atoms with Crippen molar-refractivity contribution in [2.45, 2.75) is 38.3 Å². The minimum atomic E-state index is -0.412. The third-order valence-corrected chi connectivity index (χ3v) is 4.28. The number of carbonyl (C=O) groups is 1. The first-order valence-electron chi connectivity index (χ1n) is 7.58. The highest BCUT2D eigenvalue weighted by atomic mass is 19.1. The predicted octanol–water partition coefficient (Wildman–Crippen LogP) is 2.46. The number of amides is 1. The second-order valence-electron chi connectivity index (χ2n) is 6.07. The Bertz CT molecular complexity index is 523. The third kappa shape index (κ3) is 3.79. The zero-order valence-corrected chi connectivity index (χ0v) is 11.9. The van der Waals surface area contributed by atoms with Crippen LogP contribution in [0.15, 0.2) is 18.2 Å². The molecule has 0 unspecified atom stereocenters. The Balaban J connectivity index is 1.51. The van der Waals surface area contributed by atoms with Crippen molar-refractivity contribution >= 4 is 5.91 Å². The smallest absolute Gasteiger partial charge is 0.223 e. The number of halogens is 2. The van der Waals surface area contributed by atoms with Crippen molar-refractivity contribution in [3.05, 3.63) is 35.4 Å². The highest BCUT2D eigenvalue weighted by molar-refractivity contribution is 5.79. The van der Waals surface area contributed by atoms with E-state index < -0.39 is 5.82 Å². The molecule has 0 spiro atoms. The molecule has 1 N–H and O–H groups in total. The van der Waals surface area contributed by atoms with Crippen LogP contribution in [0.4, 0.5) is 8.78 Å². The minimum absolute atomic E-state index is 0.0687. The molecule has 1 amide bonds. The fourth-order valence-corrected chi connectivity index (χ4v) is 2.81. The quantitative estimate of drug-likeness (QED) is 0.925. The van der Waals surface area contributed by atoms with Gasteiger partial charge < -0.3 is 5.32 Å². The summed E-state index contributed by atoms with van der Waals surface area (Å²) in [5.74, 6) is -0.552. The fraction of sp³-hybridized carbons (Fsp3) is 0.562. The van der Waals surface area contributed by atoms with E-state index >= 15 is 0 Å².